The Bertz CT molecular complexity index is 353. The van der Waals surface area contributed by atoms with E-state index in [4.69, 9.17) is 0 Å². The third-order valence-electron chi connectivity index (χ3n) is 1.50. The molecule has 1 heterocycles. The Morgan fingerprint density at radius 2 is 2.44 bits per heavy atom. The van der Waals surface area contributed by atoms with E-state index >= 15 is 0 Å². The minimum absolute atomic E-state index is 0.0169. The second kappa shape index (κ2) is 7.24. The molecule has 0 aliphatic heterocycles. The molecular weight excluding hydrogens is 244 g/mol. The maximum absolute atomic E-state index is 11.2. The summed E-state index contributed by atoms with van der Waals surface area (Å²) < 4.78 is 0.790. The van der Waals surface area contributed by atoms with Crippen molar-refractivity contribution in [2.24, 2.45) is 0 Å². The molecule has 5 nitrogen and oxygen atoms in total. The van der Waals surface area contributed by atoms with E-state index in [0.717, 1.165) is 9.47 Å². The first-order chi connectivity index (χ1) is 7.76. The van der Waals surface area contributed by atoms with Gasteiger partial charge in [0.15, 0.2) is 4.34 Å². The summed E-state index contributed by atoms with van der Waals surface area (Å²) in [6.07, 6.45) is 1.75. The number of hydrogen-bond acceptors (Lipinski definition) is 6. The van der Waals surface area contributed by atoms with Gasteiger partial charge in [-0.2, -0.15) is 0 Å². The number of nitrogens with zero attached hydrogens (tertiary/aromatic N) is 2. The molecule has 0 radical (unpaired) electrons. The Labute approximate surface area is 103 Å². The molecule has 0 aliphatic carbocycles. The molecule has 0 aromatic carbocycles. The van der Waals surface area contributed by atoms with Gasteiger partial charge in [0.25, 0.3) is 0 Å². The summed E-state index contributed by atoms with van der Waals surface area (Å²) in [5.41, 5.74) is 0. The number of hydrogen-bond donors (Lipinski definition) is 2. The van der Waals surface area contributed by atoms with Crippen molar-refractivity contribution in [3.8, 4) is 0 Å². The van der Waals surface area contributed by atoms with Crippen molar-refractivity contribution in [3.63, 3.8) is 0 Å². The quantitative estimate of drug-likeness (QED) is 0.571. The minimum atomic E-state index is 0.0169. The van der Waals surface area contributed by atoms with Crippen molar-refractivity contribution in [1.82, 2.24) is 15.5 Å². The van der Waals surface area contributed by atoms with Crippen LogP contribution in [-0.2, 0) is 4.79 Å². The van der Waals surface area contributed by atoms with E-state index in [1.165, 1.54) is 23.1 Å². The molecule has 0 spiro atoms. The lowest BCUT2D eigenvalue weighted by Gasteiger charge is -1.98. The smallest absolute Gasteiger partial charge is 0.230 e. The van der Waals surface area contributed by atoms with Crippen LogP contribution in [0.2, 0.25) is 0 Å². The second-order valence-corrected chi connectivity index (χ2v) is 4.98. The van der Waals surface area contributed by atoms with Gasteiger partial charge in [-0.1, -0.05) is 29.2 Å². The highest BCUT2D eigenvalue weighted by Crippen LogP contribution is 2.24. The van der Waals surface area contributed by atoms with Crippen LogP contribution in [0.25, 0.3) is 0 Å². The number of aromatic nitrogens is 2. The van der Waals surface area contributed by atoms with Gasteiger partial charge in [0, 0.05) is 13.1 Å². The van der Waals surface area contributed by atoms with Crippen LogP contribution in [0.1, 0.15) is 6.92 Å². The normalized spacial score (nSPS) is 9.81. The lowest BCUT2D eigenvalue weighted by Crippen LogP contribution is -2.24. The molecular formula is C9H14N4OS2. The standard InChI is InChI=1S/C9H14N4OS2/c1-3-5-11-8-12-13-9(16-8)15-6-7(14)10-4-2/h3H,1,4-6H2,2H3,(H,10,14)(H,11,12). The van der Waals surface area contributed by atoms with Gasteiger partial charge in [-0.25, -0.2) is 0 Å². The molecule has 0 atom stereocenters. The van der Waals surface area contributed by atoms with E-state index in [1.54, 1.807) is 6.08 Å². The first-order valence-corrected chi connectivity index (χ1v) is 6.64. The van der Waals surface area contributed by atoms with E-state index in [1.807, 2.05) is 6.92 Å². The van der Waals surface area contributed by atoms with Crippen LogP contribution in [0.4, 0.5) is 5.13 Å². The number of carbonyl (C=O) groups excluding carboxylic acids is 1. The summed E-state index contributed by atoms with van der Waals surface area (Å²) >= 11 is 2.82. The molecule has 1 rings (SSSR count). The maximum atomic E-state index is 11.2. The van der Waals surface area contributed by atoms with Gasteiger partial charge in [-0.15, -0.1) is 16.8 Å². The lowest BCUT2D eigenvalue weighted by molar-refractivity contribution is -0.118. The molecule has 1 amide bonds. The molecule has 0 bridgehead atoms. The molecule has 1 aromatic rings. The van der Waals surface area contributed by atoms with Crippen LogP contribution in [0.15, 0.2) is 17.0 Å². The average Bonchev–Trinajstić information content (AvgIpc) is 2.72. The summed E-state index contributed by atoms with van der Waals surface area (Å²) in [6.45, 7) is 6.81. The molecule has 88 valence electrons. The Morgan fingerprint density at radius 1 is 1.62 bits per heavy atom. The summed E-state index contributed by atoms with van der Waals surface area (Å²) in [5, 5.41) is 14.4. The lowest BCUT2D eigenvalue weighted by atomic mass is 10.6. The third kappa shape index (κ3) is 4.63. The van der Waals surface area contributed by atoms with Crippen LogP contribution in [0, 0.1) is 0 Å². The molecule has 1 aromatic heterocycles. The Morgan fingerprint density at radius 3 is 3.12 bits per heavy atom. The van der Waals surface area contributed by atoms with Gasteiger partial charge in [-0.3, -0.25) is 4.79 Å². The highest BCUT2D eigenvalue weighted by molar-refractivity contribution is 8.01. The molecule has 0 aliphatic rings. The average molecular weight is 258 g/mol. The van der Waals surface area contributed by atoms with Crippen LogP contribution < -0.4 is 10.6 Å². The zero-order valence-corrected chi connectivity index (χ0v) is 10.7. The van der Waals surface area contributed by atoms with Gasteiger partial charge in [0.2, 0.25) is 11.0 Å². The van der Waals surface area contributed by atoms with Gasteiger partial charge in [-0.05, 0) is 6.92 Å². The molecule has 0 unspecified atom stereocenters. The van der Waals surface area contributed by atoms with Crippen molar-refractivity contribution in [2.45, 2.75) is 11.3 Å². The van der Waals surface area contributed by atoms with Crippen molar-refractivity contribution < 1.29 is 4.79 Å². The van der Waals surface area contributed by atoms with Crippen molar-refractivity contribution in [1.29, 1.82) is 0 Å². The second-order valence-electron chi connectivity index (χ2n) is 2.78. The summed E-state index contributed by atoms with van der Waals surface area (Å²) in [7, 11) is 0. The number of amides is 1. The fourth-order valence-electron chi connectivity index (χ4n) is 0.874. The van der Waals surface area contributed by atoms with Crippen LogP contribution in [0.3, 0.4) is 0 Å². The zero-order valence-electron chi connectivity index (χ0n) is 9.02. The van der Waals surface area contributed by atoms with E-state index in [2.05, 4.69) is 27.4 Å². The van der Waals surface area contributed by atoms with Crippen molar-refractivity contribution in [2.75, 3.05) is 24.2 Å². The van der Waals surface area contributed by atoms with Crippen LogP contribution >= 0.6 is 23.1 Å². The van der Waals surface area contributed by atoms with Crippen LogP contribution in [-0.4, -0.2) is 34.9 Å². The van der Waals surface area contributed by atoms with Gasteiger partial charge in [0.05, 0.1) is 5.75 Å². The monoisotopic (exact) mass is 258 g/mol. The molecule has 16 heavy (non-hydrogen) atoms. The SMILES string of the molecule is C=CCNc1nnc(SCC(=O)NCC)s1. The van der Waals surface area contributed by atoms with E-state index in [0.29, 0.717) is 18.8 Å². The largest absolute Gasteiger partial charge is 0.357 e. The Kier molecular flexibility index (Phi) is 5.87. The van der Waals surface area contributed by atoms with Crippen molar-refractivity contribution in [3.05, 3.63) is 12.7 Å². The summed E-state index contributed by atoms with van der Waals surface area (Å²) in [4.78, 5) is 11.2. The first kappa shape index (κ1) is 13.0. The molecule has 7 heteroatoms. The van der Waals surface area contributed by atoms with Crippen LogP contribution in [0.5, 0.6) is 0 Å². The highest BCUT2D eigenvalue weighted by atomic mass is 32.2. The van der Waals surface area contributed by atoms with E-state index in [9.17, 15) is 4.79 Å². The number of anilines is 1. The fraction of sp³-hybridized carbons (Fsp3) is 0.444. The zero-order chi connectivity index (χ0) is 11.8. The number of carbonyl (C=O) groups is 1. The Hall–Kier alpha value is -1.08. The van der Waals surface area contributed by atoms with Gasteiger partial charge < -0.3 is 10.6 Å². The molecule has 0 fully saturated rings. The van der Waals surface area contributed by atoms with Crippen molar-refractivity contribution >= 4 is 34.1 Å². The molecule has 0 saturated heterocycles. The highest BCUT2D eigenvalue weighted by Gasteiger charge is 2.06. The number of rotatable bonds is 7. The first-order valence-electron chi connectivity index (χ1n) is 4.84. The number of thioether (sulfide) groups is 1. The van der Waals surface area contributed by atoms with E-state index < -0.39 is 0 Å². The van der Waals surface area contributed by atoms with E-state index in [-0.39, 0.29) is 5.91 Å². The molecule has 0 saturated carbocycles. The summed E-state index contributed by atoms with van der Waals surface area (Å²) in [6, 6.07) is 0. The summed E-state index contributed by atoms with van der Waals surface area (Å²) in [5.74, 6) is 0.396. The third-order valence-corrected chi connectivity index (χ3v) is 3.52. The molecule has 2 N–H and O–H groups in total. The Balaban J connectivity index is 2.34. The van der Waals surface area contributed by atoms with Gasteiger partial charge in [0.1, 0.15) is 0 Å². The number of nitrogens with one attached hydrogen (secondary N) is 2. The predicted molar refractivity (Wildman–Crippen MR) is 68.0 cm³/mol. The topological polar surface area (TPSA) is 66.9 Å². The maximum Gasteiger partial charge on any atom is 0.230 e. The van der Waals surface area contributed by atoms with Gasteiger partial charge >= 0.3 is 0 Å². The fourth-order valence-corrected chi connectivity index (χ4v) is 2.46. The predicted octanol–water partition coefficient (Wildman–Crippen LogP) is 1.36. The minimum Gasteiger partial charge on any atom is -0.357 e.